The molecule has 64 heavy (non-hydrogen) atoms. The molecule has 0 N–H and O–H groups in total. The van der Waals surface area contributed by atoms with Gasteiger partial charge in [0, 0.05) is 33.4 Å². The number of hydrogen-bond acceptors (Lipinski definition) is 2. The molecule has 0 amide bonds. The van der Waals surface area contributed by atoms with E-state index in [9.17, 15) is 0 Å². The molecule has 304 valence electrons. The van der Waals surface area contributed by atoms with Crippen LogP contribution in [-0.2, 0) is 0 Å². The van der Waals surface area contributed by atoms with Crippen LogP contribution in [0.25, 0.3) is 88.7 Å². The van der Waals surface area contributed by atoms with E-state index in [0.29, 0.717) is 0 Å². The maximum Gasteiger partial charge on any atom is 0.143 e. The lowest BCUT2D eigenvalue weighted by Crippen LogP contribution is -2.09. The molecule has 0 unspecified atom stereocenters. The summed E-state index contributed by atoms with van der Waals surface area (Å²) in [6.45, 7) is 4.43. The number of rotatable bonds is 9. The summed E-state index contributed by atoms with van der Waals surface area (Å²) in [6.07, 6.45) is 0. The van der Waals surface area contributed by atoms with Crippen LogP contribution in [0.15, 0.2) is 241 Å². The van der Waals surface area contributed by atoms with E-state index in [0.717, 1.165) is 61.3 Å². The van der Waals surface area contributed by atoms with Crippen molar-refractivity contribution >= 4 is 39.0 Å². The van der Waals surface area contributed by atoms with Gasteiger partial charge < -0.3 is 9.32 Å². The van der Waals surface area contributed by atoms with Crippen molar-refractivity contribution in [3.63, 3.8) is 0 Å². The van der Waals surface area contributed by atoms with Crippen LogP contribution in [0.3, 0.4) is 0 Å². The highest BCUT2D eigenvalue weighted by Crippen LogP contribution is 2.41. The highest BCUT2D eigenvalue weighted by Gasteiger charge is 2.17. The van der Waals surface area contributed by atoms with Gasteiger partial charge in [-0.25, -0.2) is 0 Å². The summed E-state index contributed by atoms with van der Waals surface area (Å²) in [6, 6.07) is 85.1. The van der Waals surface area contributed by atoms with E-state index in [1.54, 1.807) is 0 Å². The van der Waals surface area contributed by atoms with Crippen LogP contribution >= 0.6 is 0 Å². The number of para-hydroxylation sites is 2. The van der Waals surface area contributed by atoms with Gasteiger partial charge in [0.1, 0.15) is 11.2 Å². The molecule has 2 heteroatoms. The molecule has 0 saturated heterocycles. The van der Waals surface area contributed by atoms with Crippen LogP contribution < -0.4 is 4.90 Å². The fraction of sp³-hybridized carbons (Fsp3) is 0.0323. The zero-order valence-electron chi connectivity index (χ0n) is 35.9. The van der Waals surface area contributed by atoms with E-state index in [-0.39, 0.29) is 0 Å². The average molecular weight is 820 g/mol. The minimum atomic E-state index is 0.908. The van der Waals surface area contributed by atoms with Gasteiger partial charge in [-0.1, -0.05) is 182 Å². The quantitative estimate of drug-likeness (QED) is 0.144. The molecule has 0 spiro atoms. The van der Waals surface area contributed by atoms with Crippen molar-refractivity contribution in [3.05, 3.63) is 248 Å². The molecule has 0 atom stereocenters. The van der Waals surface area contributed by atoms with Crippen molar-refractivity contribution in [2.24, 2.45) is 0 Å². The standard InChI is InChI=1S/C62H45NO/c1-42-14-6-7-21-55(42)57-24-12-23-56(43(57)2)50-19-10-17-48(40-50)46-30-36-53(37-31-46)63(52-34-28-45(29-35-52)44-15-4-3-5-16-44)54-38-32-47(33-39-54)49-18-11-20-51(41-49)58-25-13-26-60-59-22-8-9-27-61(59)64-62(58)60/h3-41H,1-2H3. The third-order valence-corrected chi connectivity index (χ3v) is 12.7. The fourth-order valence-corrected chi connectivity index (χ4v) is 9.31. The number of aryl methyl sites for hydroxylation is 1. The van der Waals surface area contributed by atoms with Gasteiger partial charge in [0.15, 0.2) is 0 Å². The van der Waals surface area contributed by atoms with Gasteiger partial charge >= 0.3 is 0 Å². The van der Waals surface area contributed by atoms with Crippen LogP contribution in [-0.4, -0.2) is 0 Å². The zero-order chi connectivity index (χ0) is 43.0. The maximum absolute atomic E-state index is 6.42. The first kappa shape index (κ1) is 38.7. The van der Waals surface area contributed by atoms with Crippen molar-refractivity contribution in [2.75, 3.05) is 4.90 Å². The predicted molar refractivity (Wildman–Crippen MR) is 270 cm³/mol. The topological polar surface area (TPSA) is 16.4 Å². The van der Waals surface area contributed by atoms with Crippen molar-refractivity contribution in [3.8, 4) is 66.8 Å². The van der Waals surface area contributed by atoms with Gasteiger partial charge in [-0.2, -0.15) is 0 Å². The van der Waals surface area contributed by atoms with Crippen LogP contribution in [0.2, 0.25) is 0 Å². The second kappa shape index (κ2) is 16.6. The highest BCUT2D eigenvalue weighted by molar-refractivity contribution is 6.09. The Morgan fingerprint density at radius 1 is 0.297 bits per heavy atom. The molecule has 10 aromatic carbocycles. The molecule has 11 aromatic rings. The lowest BCUT2D eigenvalue weighted by atomic mass is 9.90. The second-order valence-corrected chi connectivity index (χ2v) is 16.6. The molecular formula is C62H45NO. The maximum atomic E-state index is 6.42. The SMILES string of the molecule is Cc1ccccc1-c1cccc(-c2cccc(-c3ccc(N(c4ccc(-c5ccccc5)cc4)c4ccc(-c5cccc(-c6cccc7c6oc6ccccc67)c5)cc4)cc3)c2)c1C. The molecule has 0 saturated carbocycles. The predicted octanol–water partition coefficient (Wildman–Crippen LogP) is 17.7. The Balaban J connectivity index is 0.926. The second-order valence-electron chi connectivity index (χ2n) is 16.6. The molecule has 0 aliphatic rings. The molecular weight excluding hydrogens is 775 g/mol. The summed E-state index contributed by atoms with van der Waals surface area (Å²) in [5.74, 6) is 0. The van der Waals surface area contributed by atoms with E-state index >= 15 is 0 Å². The van der Waals surface area contributed by atoms with Crippen molar-refractivity contribution < 1.29 is 4.42 Å². The van der Waals surface area contributed by atoms with Gasteiger partial charge in [-0.05, 0) is 141 Å². The Bertz CT molecular complexity index is 3430. The van der Waals surface area contributed by atoms with Gasteiger partial charge in [-0.15, -0.1) is 0 Å². The van der Waals surface area contributed by atoms with E-state index in [1.807, 2.05) is 12.1 Å². The molecule has 1 aromatic heterocycles. The van der Waals surface area contributed by atoms with E-state index in [2.05, 4.69) is 243 Å². The average Bonchev–Trinajstić information content (AvgIpc) is 3.75. The largest absolute Gasteiger partial charge is 0.455 e. The summed E-state index contributed by atoms with van der Waals surface area (Å²) in [4.78, 5) is 2.35. The van der Waals surface area contributed by atoms with Gasteiger partial charge in [-0.3, -0.25) is 0 Å². The number of fused-ring (bicyclic) bond motifs is 3. The molecule has 0 aliphatic carbocycles. The summed E-state index contributed by atoms with van der Waals surface area (Å²) in [7, 11) is 0. The van der Waals surface area contributed by atoms with Crippen molar-refractivity contribution in [1.29, 1.82) is 0 Å². The van der Waals surface area contributed by atoms with E-state index in [1.165, 1.54) is 55.6 Å². The Morgan fingerprint density at radius 2 is 0.719 bits per heavy atom. The Kier molecular flexibility index (Phi) is 10.0. The first-order valence-electron chi connectivity index (χ1n) is 22.0. The van der Waals surface area contributed by atoms with Gasteiger partial charge in [0.25, 0.3) is 0 Å². The summed E-state index contributed by atoms with van der Waals surface area (Å²) >= 11 is 0. The molecule has 1 heterocycles. The molecule has 0 bridgehead atoms. The van der Waals surface area contributed by atoms with Gasteiger partial charge in [0.05, 0.1) is 0 Å². The summed E-state index contributed by atoms with van der Waals surface area (Å²) in [5.41, 5.74) is 22.0. The van der Waals surface area contributed by atoms with Crippen LogP contribution in [0.4, 0.5) is 17.1 Å². The minimum Gasteiger partial charge on any atom is -0.455 e. The Morgan fingerprint density at radius 3 is 1.36 bits per heavy atom. The van der Waals surface area contributed by atoms with Crippen molar-refractivity contribution in [1.82, 2.24) is 0 Å². The number of nitrogens with zero attached hydrogens (tertiary/aromatic N) is 1. The van der Waals surface area contributed by atoms with E-state index < -0.39 is 0 Å². The molecule has 0 fully saturated rings. The Hall–Kier alpha value is -8.20. The summed E-state index contributed by atoms with van der Waals surface area (Å²) < 4.78 is 6.42. The third kappa shape index (κ3) is 7.25. The minimum absolute atomic E-state index is 0.908. The molecule has 0 aliphatic heterocycles. The Labute approximate surface area is 375 Å². The normalized spacial score (nSPS) is 11.3. The molecule has 11 rings (SSSR count). The zero-order valence-corrected chi connectivity index (χ0v) is 35.9. The molecule has 0 radical (unpaired) electrons. The number of furan rings is 1. The van der Waals surface area contributed by atoms with Crippen LogP contribution in [0.1, 0.15) is 11.1 Å². The van der Waals surface area contributed by atoms with Crippen LogP contribution in [0.5, 0.6) is 0 Å². The highest BCUT2D eigenvalue weighted by atomic mass is 16.3. The van der Waals surface area contributed by atoms with Crippen LogP contribution in [0, 0.1) is 13.8 Å². The van der Waals surface area contributed by atoms with Gasteiger partial charge in [0.2, 0.25) is 0 Å². The lowest BCUT2D eigenvalue weighted by Gasteiger charge is -2.26. The monoisotopic (exact) mass is 819 g/mol. The third-order valence-electron chi connectivity index (χ3n) is 12.7. The number of benzene rings is 10. The lowest BCUT2D eigenvalue weighted by molar-refractivity contribution is 0.670. The number of hydrogen-bond donors (Lipinski definition) is 0. The smallest absolute Gasteiger partial charge is 0.143 e. The summed E-state index contributed by atoms with van der Waals surface area (Å²) in [5, 5.41) is 2.27. The van der Waals surface area contributed by atoms with Crippen molar-refractivity contribution in [2.45, 2.75) is 13.8 Å². The number of anilines is 3. The first-order chi connectivity index (χ1) is 31.6. The first-order valence-corrected chi connectivity index (χ1v) is 22.0. The van der Waals surface area contributed by atoms with E-state index in [4.69, 9.17) is 4.42 Å². The molecule has 2 nitrogen and oxygen atoms in total. The fourth-order valence-electron chi connectivity index (χ4n) is 9.31.